The van der Waals surface area contributed by atoms with Crippen molar-refractivity contribution in [1.29, 1.82) is 0 Å². The van der Waals surface area contributed by atoms with Crippen molar-refractivity contribution in [2.45, 2.75) is 19.4 Å². The highest BCUT2D eigenvalue weighted by molar-refractivity contribution is 7.13. The molecule has 0 atom stereocenters. The number of thiazole rings is 1. The van der Waals surface area contributed by atoms with Crippen LogP contribution in [-0.2, 0) is 27.2 Å². The number of carbonyl (C=O) groups is 1. The summed E-state index contributed by atoms with van der Waals surface area (Å²) in [6, 6.07) is 10.8. The van der Waals surface area contributed by atoms with Crippen molar-refractivity contribution in [2.24, 2.45) is 0 Å². The molecule has 1 fully saturated rings. The molecule has 32 heavy (non-hydrogen) atoms. The smallest absolute Gasteiger partial charge is 0.310 e. The molecule has 0 radical (unpaired) electrons. The van der Waals surface area contributed by atoms with Gasteiger partial charge >= 0.3 is 5.97 Å². The van der Waals surface area contributed by atoms with Gasteiger partial charge in [0.05, 0.1) is 32.8 Å². The summed E-state index contributed by atoms with van der Waals surface area (Å²) < 4.78 is 12.2. The van der Waals surface area contributed by atoms with E-state index in [-0.39, 0.29) is 17.9 Å². The zero-order valence-electron chi connectivity index (χ0n) is 17.8. The number of carbonyl (C=O) groups excluding carboxylic acids is 1. The summed E-state index contributed by atoms with van der Waals surface area (Å²) in [6.07, 6.45) is 2.73. The Morgan fingerprint density at radius 1 is 1.16 bits per heavy atom. The van der Waals surface area contributed by atoms with Gasteiger partial charge in [-0.2, -0.15) is 5.10 Å². The van der Waals surface area contributed by atoms with Crippen LogP contribution in [0.2, 0.25) is 0 Å². The van der Waals surface area contributed by atoms with Crippen molar-refractivity contribution in [3.63, 3.8) is 0 Å². The molecule has 3 aromatic rings. The van der Waals surface area contributed by atoms with Crippen LogP contribution in [0, 0.1) is 0 Å². The Hall–Kier alpha value is -2.88. The first-order valence-electron chi connectivity index (χ1n) is 10.7. The van der Waals surface area contributed by atoms with Gasteiger partial charge in [-0.25, -0.2) is 9.67 Å². The summed E-state index contributed by atoms with van der Waals surface area (Å²) in [6.45, 7) is 5.06. The van der Waals surface area contributed by atoms with Crippen LogP contribution in [0.15, 0.2) is 52.8 Å². The highest BCUT2D eigenvalue weighted by Crippen LogP contribution is 2.18. The lowest BCUT2D eigenvalue weighted by molar-refractivity contribution is -0.143. The van der Waals surface area contributed by atoms with Gasteiger partial charge in [-0.05, 0) is 23.6 Å². The van der Waals surface area contributed by atoms with Crippen LogP contribution >= 0.6 is 11.3 Å². The van der Waals surface area contributed by atoms with Gasteiger partial charge in [-0.1, -0.05) is 24.3 Å². The van der Waals surface area contributed by atoms with Crippen molar-refractivity contribution < 1.29 is 14.3 Å². The number of benzene rings is 1. The molecule has 0 N–H and O–H groups in total. The summed E-state index contributed by atoms with van der Waals surface area (Å²) in [7, 11) is 0. The maximum atomic E-state index is 12.3. The molecule has 4 rings (SSSR count). The van der Waals surface area contributed by atoms with Gasteiger partial charge in [0, 0.05) is 37.3 Å². The van der Waals surface area contributed by atoms with E-state index in [1.54, 1.807) is 12.3 Å². The largest absolute Gasteiger partial charge is 0.465 e. The summed E-state index contributed by atoms with van der Waals surface area (Å²) in [5.41, 5.74) is 2.23. The van der Waals surface area contributed by atoms with Crippen LogP contribution in [-0.4, -0.2) is 65.1 Å². The number of esters is 1. The van der Waals surface area contributed by atoms with E-state index in [1.807, 2.05) is 29.6 Å². The number of nitrogens with zero attached hydrogens (tertiary/aromatic N) is 4. The zero-order valence-corrected chi connectivity index (χ0v) is 18.6. The third kappa shape index (κ3) is 6.32. The molecule has 8 nitrogen and oxygen atoms in total. The Balaban J connectivity index is 1.30. The minimum atomic E-state index is -0.245. The van der Waals surface area contributed by atoms with Crippen LogP contribution < -0.4 is 5.56 Å². The average Bonchev–Trinajstić information content (AvgIpc) is 3.34. The SMILES string of the molecule is O=C(Cc1cccc(Cn2nc(-c3nccs3)ccc2=O)c1)OCCCN1CCOCC1. The van der Waals surface area contributed by atoms with Crippen LogP contribution in [0.5, 0.6) is 0 Å². The fraction of sp³-hybridized carbons (Fsp3) is 0.391. The first-order valence-corrected chi connectivity index (χ1v) is 11.6. The van der Waals surface area contributed by atoms with E-state index in [1.165, 1.54) is 22.1 Å². The van der Waals surface area contributed by atoms with Crippen LogP contribution in [0.3, 0.4) is 0 Å². The van der Waals surface area contributed by atoms with Crippen molar-refractivity contribution in [2.75, 3.05) is 39.5 Å². The lowest BCUT2D eigenvalue weighted by Crippen LogP contribution is -2.37. The first kappa shape index (κ1) is 22.3. The third-order valence-corrected chi connectivity index (χ3v) is 5.97. The minimum absolute atomic E-state index is 0.185. The van der Waals surface area contributed by atoms with Gasteiger partial charge in [0.15, 0.2) is 0 Å². The highest BCUT2D eigenvalue weighted by Gasteiger charge is 2.11. The second kappa shape index (κ2) is 11.1. The van der Waals surface area contributed by atoms with Gasteiger partial charge in [0.2, 0.25) is 0 Å². The molecule has 3 heterocycles. The van der Waals surface area contributed by atoms with Crippen molar-refractivity contribution in [1.82, 2.24) is 19.7 Å². The lowest BCUT2D eigenvalue weighted by Gasteiger charge is -2.26. The number of aromatic nitrogens is 3. The molecular weight excluding hydrogens is 428 g/mol. The Bertz CT molecular complexity index is 1080. The van der Waals surface area contributed by atoms with Crippen LogP contribution in [0.1, 0.15) is 17.5 Å². The molecule has 0 bridgehead atoms. The van der Waals surface area contributed by atoms with Gasteiger partial charge in [0.25, 0.3) is 5.56 Å². The van der Waals surface area contributed by atoms with E-state index in [4.69, 9.17) is 9.47 Å². The zero-order chi connectivity index (χ0) is 22.2. The molecule has 0 spiro atoms. The molecule has 0 saturated carbocycles. The Labute approximate surface area is 190 Å². The molecule has 0 aliphatic carbocycles. The number of hydrogen-bond acceptors (Lipinski definition) is 8. The molecule has 0 unspecified atom stereocenters. The molecule has 2 aromatic heterocycles. The summed E-state index contributed by atoms with van der Waals surface area (Å²) >= 11 is 1.47. The number of ether oxygens (including phenoxy) is 2. The molecule has 1 aliphatic rings. The predicted molar refractivity (Wildman–Crippen MR) is 122 cm³/mol. The number of rotatable bonds is 9. The number of hydrogen-bond donors (Lipinski definition) is 0. The van der Waals surface area contributed by atoms with Gasteiger partial charge in [-0.15, -0.1) is 11.3 Å². The van der Waals surface area contributed by atoms with E-state index in [0.717, 1.165) is 55.4 Å². The third-order valence-electron chi connectivity index (χ3n) is 5.18. The maximum Gasteiger partial charge on any atom is 0.310 e. The lowest BCUT2D eigenvalue weighted by atomic mass is 10.1. The molecular formula is C23H26N4O4S. The first-order chi connectivity index (χ1) is 15.7. The molecule has 1 saturated heterocycles. The molecule has 9 heteroatoms. The summed E-state index contributed by atoms with van der Waals surface area (Å²) in [4.78, 5) is 31.1. The Morgan fingerprint density at radius 3 is 2.81 bits per heavy atom. The monoisotopic (exact) mass is 454 g/mol. The Kier molecular flexibility index (Phi) is 7.76. The second-order valence-corrected chi connectivity index (χ2v) is 8.47. The summed E-state index contributed by atoms with van der Waals surface area (Å²) in [5, 5.41) is 7.08. The highest BCUT2D eigenvalue weighted by atomic mass is 32.1. The second-order valence-electron chi connectivity index (χ2n) is 7.58. The fourth-order valence-corrected chi connectivity index (χ4v) is 4.16. The van der Waals surface area contributed by atoms with Crippen molar-refractivity contribution >= 4 is 17.3 Å². The van der Waals surface area contributed by atoms with E-state index in [0.29, 0.717) is 18.8 Å². The minimum Gasteiger partial charge on any atom is -0.465 e. The summed E-state index contributed by atoms with van der Waals surface area (Å²) in [5.74, 6) is -0.245. The van der Waals surface area contributed by atoms with Crippen LogP contribution in [0.25, 0.3) is 10.7 Å². The fourth-order valence-electron chi connectivity index (χ4n) is 3.55. The standard InChI is InChI=1S/C23H26N4O4S/c28-21-6-5-20(23-24-7-14-32-23)25-27(21)17-19-4-1-3-18(15-19)16-22(29)31-11-2-8-26-9-12-30-13-10-26/h1,3-7,14-15H,2,8-13,16-17H2. The van der Waals surface area contributed by atoms with E-state index in [2.05, 4.69) is 15.0 Å². The number of morpholine rings is 1. The molecule has 1 aromatic carbocycles. The van der Waals surface area contributed by atoms with Gasteiger partial charge in [0.1, 0.15) is 10.7 Å². The topological polar surface area (TPSA) is 86.5 Å². The van der Waals surface area contributed by atoms with E-state index < -0.39 is 0 Å². The predicted octanol–water partition coefficient (Wildman–Crippen LogP) is 2.22. The molecule has 0 amide bonds. The van der Waals surface area contributed by atoms with Crippen molar-refractivity contribution in [3.05, 3.63) is 69.5 Å². The Morgan fingerprint density at radius 2 is 2.00 bits per heavy atom. The maximum absolute atomic E-state index is 12.3. The normalized spacial score (nSPS) is 14.4. The molecule has 1 aliphatic heterocycles. The quantitative estimate of drug-likeness (QED) is 0.362. The van der Waals surface area contributed by atoms with E-state index >= 15 is 0 Å². The van der Waals surface area contributed by atoms with Gasteiger partial charge < -0.3 is 9.47 Å². The van der Waals surface area contributed by atoms with Crippen molar-refractivity contribution in [3.8, 4) is 10.7 Å². The van der Waals surface area contributed by atoms with Crippen LogP contribution in [0.4, 0.5) is 0 Å². The van der Waals surface area contributed by atoms with Gasteiger partial charge in [-0.3, -0.25) is 14.5 Å². The van der Waals surface area contributed by atoms with E-state index in [9.17, 15) is 9.59 Å². The molecule has 168 valence electrons. The average molecular weight is 455 g/mol.